The van der Waals surface area contributed by atoms with E-state index >= 15 is 0 Å². The average Bonchev–Trinajstić information content (AvgIpc) is 2.91. The molecular weight excluding hydrogens is 458 g/mol. The van der Waals surface area contributed by atoms with E-state index in [1.54, 1.807) is 11.1 Å². The van der Waals surface area contributed by atoms with E-state index in [4.69, 9.17) is 9.15 Å². The van der Waals surface area contributed by atoms with Crippen molar-refractivity contribution in [1.82, 2.24) is 14.8 Å². The fourth-order valence-electron chi connectivity index (χ4n) is 4.35. The van der Waals surface area contributed by atoms with Crippen molar-refractivity contribution in [2.45, 2.75) is 6.42 Å². The van der Waals surface area contributed by atoms with Gasteiger partial charge in [0.05, 0.1) is 0 Å². The fourth-order valence-corrected chi connectivity index (χ4v) is 4.35. The number of fused-ring (bicyclic) bond motifs is 1. The zero-order chi connectivity index (χ0) is 24.9. The predicted octanol–water partition coefficient (Wildman–Crippen LogP) is 3.33. The van der Waals surface area contributed by atoms with Crippen molar-refractivity contribution in [2.75, 3.05) is 39.3 Å². The summed E-state index contributed by atoms with van der Waals surface area (Å²) in [6.45, 7) is 3.58. The molecule has 2 aromatic carbocycles. The van der Waals surface area contributed by atoms with Crippen LogP contribution in [0.2, 0.25) is 0 Å². The minimum absolute atomic E-state index is 0.0789. The molecule has 1 saturated heterocycles. The number of rotatable bonds is 7. The summed E-state index contributed by atoms with van der Waals surface area (Å²) in [6, 6.07) is 19.4. The van der Waals surface area contributed by atoms with E-state index in [-0.39, 0.29) is 40.4 Å². The SMILES string of the molecule is O=C(COc1cc(O)c2c(=O)cc(-c3ccccc3)oc2c1)N1CCN(CCc2ccccn2)CC1. The van der Waals surface area contributed by atoms with Crippen LogP contribution in [0.25, 0.3) is 22.3 Å². The number of benzene rings is 2. The van der Waals surface area contributed by atoms with Gasteiger partial charge in [0.25, 0.3) is 5.91 Å². The lowest BCUT2D eigenvalue weighted by Crippen LogP contribution is -2.50. The van der Waals surface area contributed by atoms with Gasteiger partial charge in [-0.3, -0.25) is 19.5 Å². The quantitative estimate of drug-likeness (QED) is 0.429. The molecule has 1 amide bonds. The minimum Gasteiger partial charge on any atom is -0.507 e. The zero-order valence-electron chi connectivity index (χ0n) is 19.8. The highest BCUT2D eigenvalue weighted by molar-refractivity contribution is 5.86. The van der Waals surface area contributed by atoms with Crippen LogP contribution in [-0.4, -0.2) is 65.1 Å². The molecule has 0 radical (unpaired) electrons. The maximum atomic E-state index is 12.7. The van der Waals surface area contributed by atoms with Crippen molar-refractivity contribution in [3.8, 4) is 22.8 Å². The number of pyridine rings is 1. The third kappa shape index (κ3) is 5.39. The number of aromatic hydroxyl groups is 1. The number of phenolic OH excluding ortho intramolecular Hbond substituents is 1. The van der Waals surface area contributed by atoms with Gasteiger partial charge in [-0.2, -0.15) is 0 Å². The molecular formula is C28H27N3O5. The summed E-state index contributed by atoms with van der Waals surface area (Å²) in [4.78, 5) is 33.8. The molecule has 0 aliphatic carbocycles. The number of hydrogen-bond acceptors (Lipinski definition) is 7. The highest BCUT2D eigenvalue weighted by atomic mass is 16.5. The second kappa shape index (κ2) is 10.6. The summed E-state index contributed by atoms with van der Waals surface area (Å²) < 4.78 is 11.6. The molecule has 0 bridgehead atoms. The lowest BCUT2D eigenvalue weighted by molar-refractivity contribution is -0.135. The Morgan fingerprint density at radius 2 is 1.78 bits per heavy atom. The Morgan fingerprint density at radius 1 is 1.00 bits per heavy atom. The summed E-state index contributed by atoms with van der Waals surface area (Å²) in [6.07, 6.45) is 2.68. The van der Waals surface area contributed by atoms with Gasteiger partial charge in [0.2, 0.25) is 0 Å². The van der Waals surface area contributed by atoms with E-state index in [9.17, 15) is 14.7 Å². The number of amides is 1. The van der Waals surface area contributed by atoms with Gasteiger partial charge in [-0.25, -0.2) is 0 Å². The molecule has 1 aliphatic heterocycles. The van der Waals surface area contributed by atoms with Crippen LogP contribution in [0, 0.1) is 0 Å². The standard InChI is InChI=1S/C28H27N3O5/c32-23-16-22(17-26-28(23)24(33)18-25(36-26)20-6-2-1-3-7-20)35-19-27(34)31-14-12-30(13-15-31)11-9-21-8-4-5-10-29-21/h1-8,10,16-18,32H,9,11-15,19H2. The Bertz CT molecular complexity index is 1400. The van der Waals surface area contributed by atoms with E-state index in [2.05, 4.69) is 9.88 Å². The van der Waals surface area contributed by atoms with Crippen molar-refractivity contribution in [3.05, 3.63) is 88.8 Å². The van der Waals surface area contributed by atoms with Crippen molar-refractivity contribution in [2.24, 2.45) is 0 Å². The third-order valence-electron chi connectivity index (χ3n) is 6.34. The van der Waals surface area contributed by atoms with Crippen LogP contribution in [-0.2, 0) is 11.2 Å². The Morgan fingerprint density at radius 3 is 2.53 bits per heavy atom. The molecule has 8 nitrogen and oxygen atoms in total. The molecule has 0 atom stereocenters. The predicted molar refractivity (Wildman–Crippen MR) is 136 cm³/mol. The van der Waals surface area contributed by atoms with Gasteiger partial charge in [0.15, 0.2) is 12.0 Å². The maximum Gasteiger partial charge on any atom is 0.260 e. The summed E-state index contributed by atoms with van der Waals surface area (Å²) in [5.41, 5.74) is 1.66. The highest BCUT2D eigenvalue weighted by Gasteiger charge is 2.22. The molecule has 184 valence electrons. The van der Waals surface area contributed by atoms with Gasteiger partial charge in [-0.1, -0.05) is 36.4 Å². The Balaban J connectivity index is 1.20. The van der Waals surface area contributed by atoms with Crippen LogP contribution >= 0.6 is 0 Å². The molecule has 4 aromatic rings. The normalized spacial score (nSPS) is 14.2. The molecule has 1 N–H and O–H groups in total. The third-order valence-corrected chi connectivity index (χ3v) is 6.34. The van der Waals surface area contributed by atoms with Crippen molar-refractivity contribution in [3.63, 3.8) is 0 Å². The number of phenols is 1. The molecule has 1 aliphatic rings. The molecule has 5 rings (SSSR count). The second-order valence-corrected chi connectivity index (χ2v) is 8.74. The topological polar surface area (TPSA) is 96.1 Å². The number of nitrogens with zero attached hydrogens (tertiary/aromatic N) is 3. The van der Waals surface area contributed by atoms with Crippen LogP contribution < -0.4 is 10.2 Å². The lowest BCUT2D eigenvalue weighted by Gasteiger charge is -2.34. The zero-order valence-corrected chi connectivity index (χ0v) is 19.8. The fraction of sp³-hybridized carbons (Fsp3) is 0.250. The highest BCUT2D eigenvalue weighted by Crippen LogP contribution is 2.31. The van der Waals surface area contributed by atoms with Crippen molar-refractivity contribution >= 4 is 16.9 Å². The van der Waals surface area contributed by atoms with Crippen LogP contribution in [0.15, 0.2) is 82.1 Å². The van der Waals surface area contributed by atoms with Crippen LogP contribution in [0.5, 0.6) is 11.5 Å². The molecule has 2 aromatic heterocycles. The van der Waals surface area contributed by atoms with Crippen molar-refractivity contribution < 1.29 is 19.1 Å². The number of carbonyl (C=O) groups excluding carboxylic acids is 1. The van der Waals surface area contributed by atoms with Crippen LogP contribution in [0.3, 0.4) is 0 Å². The monoisotopic (exact) mass is 485 g/mol. The summed E-state index contributed by atoms with van der Waals surface area (Å²) in [7, 11) is 0. The van der Waals surface area contributed by atoms with Gasteiger partial charge >= 0.3 is 0 Å². The first-order chi connectivity index (χ1) is 17.6. The number of hydrogen-bond donors (Lipinski definition) is 1. The number of piperazine rings is 1. The van der Waals surface area contributed by atoms with Gasteiger partial charge in [-0.05, 0) is 12.1 Å². The number of aromatic nitrogens is 1. The second-order valence-electron chi connectivity index (χ2n) is 8.74. The lowest BCUT2D eigenvalue weighted by atomic mass is 10.1. The van der Waals surface area contributed by atoms with Crippen LogP contribution in [0.4, 0.5) is 0 Å². The molecule has 36 heavy (non-hydrogen) atoms. The maximum absolute atomic E-state index is 12.7. The van der Waals surface area contributed by atoms with E-state index in [1.165, 1.54) is 18.2 Å². The average molecular weight is 486 g/mol. The van der Waals surface area contributed by atoms with Crippen LogP contribution in [0.1, 0.15) is 5.69 Å². The van der Waals surface area contributed by atoms with E-state index in [1.807, 2.05) is 48.5 Å². The van der Waals surface area contributed by atoms with Gasteiger partial charge < -0.3 is 19.2 Å². The first-order valence-electron chi connectivity index (χ1n) is 12.0. The van der Waals surface area contributed by atoms with E-state index in [0.717, 1.165) is 37.3 Å². The smallest absolute Gasteiger partial charge is 0.260 e. The first kappa shape index (κ1) is 23.6. The Hall–Kier alpha value is -4.17. The molecule has 3 heterocycles. The van der Waals surface area contributed by atoms with E-state index in [0.29, 0.717) is 18.8 Å². The molecule has 1 fully saturated rings. The summed E-state index contributed by atoms with van der Waals surface area (Å²) in [5.74, 6) is 0.278. The largest absolute Gasteiger partial charge is 0.507 e. The van der Waals surface area contributed by atoms with E-state index < -0.39 is 0 Å². The molecule has 0 spiro atoms. The first-order valence-corrected chi connectivity index (χ1v) is 12.0. The van der Waals surface area contributed by atoms with Gasteiger partial charge in [-0.15, -0.1) is 0 Å². The van der Waals surface area contributed by atoms with Gasteiger partial charge in [0.1, 0.15) is 28.2 Å². The summed E-state index contributed by atoms with van der Waals surface area (Å²) in [5, 5.41) is 10.5. The molecule has 0 unspecified atom stereocenters. The van der Waals surface area contributed by atoms with Gasteiger partial charge in [0, 0.05) is 74.8 Å². The van der Waals surface area contributed by atoms with Crippen molar-refractivity contribution in [1.29, 1.82) is 0 Å². The molecule has 0 saturated carbocycles. The number of carbonyl (C=O) groups is 1. The number of ether oxygens (including phenoxy) is 1. The Labute approximate surface area is 208 Å². The Kier molecular flexibility index (Phi) is 6.95. The minimum atomic E-state index is -0.351. The molecule has 8 heteroatoms. The summed E-state index contributed by atoms with van der Waals surface area (Å²) >= 11 is 0.